The molecule has 1 aliphatic heterocycles. The summed E-state index contributed by atoms with van der Waals surface area (Å²) in [5, 5.41) is 3.19. The highest BCUT2D eigenvalue weighted by atomic mass is 19.1. The largest absolute Gasteiger partial charge is 0.488 e. The number of ether oxygens (including phenoxy) is 1. The highest BCUT2D eigenvalue weighted by Gasteiger charge is 2.23. The Hall–Kier alpha value is -2.10. The van der Waals surface area contributed by atoms with E-state index in [4.69, 9.17) is 4.74 Å². The van der Waals surface area contributed by atoms with Crippen molar-refractivity contribution in [2.24, 2.45) is 0 Å². The smallest absolute Gasteiger partial charge is 0.128 e. The first-order valence-electron chi connectivity index (χ1n) is 6.57. The first kappa shape index (κ1) is 12.9. The van der Waals surface area contributed by atoms with Gasteiger partial charge in [0, 0.05) is 23.2 Å². The maximum absolute atomic E-state index is 13.4. The maximum Gasteiger partial charge on any atom is 0.128 e. The average Bonchev–Trinajstić information content (AvgIpc) is 2.82. The maximum atomic E-state index is 13.4. The lowest BCUT2D eigenvalue weighted by atomic mass is 10.1. The molecule has 0 radical (unpaired) electrons. The van der Waals surface area contributed by atoms with Crippen LogP contribution in [0.2, 0.25) is 0 Å². The number of fused-ring (bicyclic) bond motifs is 1. The minimum absolute atomic E-state index is 0.0607. The molecule has 0 saturated heterocycles. The normalized spacial score (nSPS) is 16.6. The van der Waals surface area contributed by atoms with Crippen molar-refractivity contribution in [2.75, 3.05) is 11.9 Å². The fraction of sp³-hybridized carbons (Fsp3) is 0.250. The van der Waals surface area contributed by atoms with E-state index in [1.54, 1.807) is 19.1 Å². The van der Waals surface area contributed by atoms with Crippen molar-refractivity contribution in [3.63, 3.8) is 0 Å². The van der Waals surface area contributed by atoms with Gasteiger partial charge in [-0.3, -0.25) is 0 Å². The fourth-order valence-corrected chi connectivity index (χ4v) is 2.43. The zero-order chi connectivity index (χ0) is 14.1. The summed E-state index contributed by atoms with van der Waals surface area (Å²) in [5.41, 5.74) is 2.23. The highest BCUT2D eigenvalue weighted by molar-refractivity contribution is 5.51. The van der Waals surface area contributed by atoms with Gasteiger partial charge in [0.1, 0.15) is 23.5 Å². The van der Waals surface area contributed by atoms with Gasteiger partial charge in [-0.15, -0.1) is 0 Å². The van der Waals surface area contributed by atoms with Crippen molar-refractivity contribution in [3.8, 4) is 5.75 Å². The van der Waals surface area contributed by atoms with E-state index in [0.29, 0.717) is 18.5 Å². The summed E-state index contributed by atoms with van der Waals surface area (Å²) < 4.78 is 32.3. The van der Waals surface area contributed by atoms with Gasteiger partial charge in [-0.1, -0.05) is 6.07 Å². The lowest BCUT2D eigenvalue weighted by Crippen LogP contribution is -2.24. The molecule has 4 heteroatoms. The zero-order valence-electron chi connectivity index (χ0n) is 11.1. The van der Waals surface area contributed by atoms with Gasteiger partial charge < -0.3 is 10.1 Å². The van der Waals surface area contributed by atoms with Crippen LogP contribution in [0.4, 0.5) is 14.5 Å². The third-order valence-electron chi connectivity index (χ3n) is 3.55. The van der Waals surface area contributed by atoms with Crippen LogP contribution in [0.15, 0.2) is 36.4 Å². The van der Waals surface area contributed by atoms with Crippen molar-refractivity contribution in [2.45, 2.75) is 19.4 Å². The second-order valence-electron chi connectivity index (χ2n) is 4.99. The second-order valence-corrected chi connectivity index (χ2v) is 4.99. The van der Waals surface area contributed by atoms with Gasteiger partial charge in [-0.2, -0.15) is 0 Å². The van der Waals surface area contributed by atoms with Crippen LogP contribution in [0.5, 0.6) is 5.75 Å². The van der Waals surface area contributed by atoms with Crippen LogP contribution < -0.4 is 10.1 Å². The van der Waals surface area contributed by atoms with E-state index >= 15 is 0 Å². The Balaban J connectivity index is 1.65. The van der Waals surface area contributed by atoms with E-state index in [1.807, 2.05) is 6.07 Å². The standard InChI is InChI=1S/C16H15F2NO/c1-10-14(18)3-2-4-15(10)19-9-13-8-11-7-12(17)5-6-16(11)20-13/h2-7,13,19H,8-9H2,1H3. The number of rotatable bonds is 3. The Bertz CT molecular complexity index is 642. The fourth-order valence-electron chi connectivity index (χ4n) is 2.43. The van der Waals surface area contributed by atoms with Gasteiger partial charge in [0.05, 0.1) is 6.54 Å². The Morgan fingerprint density at radius 2 is 2.10 bits per heavy atom. The molecule has 1 atom stereocenters. The summed E-state index contributed by atoms with van der Waals surface area (Å²) in [6.45, 7) is 2.29. The first-order valence-corrected chi connectivity index (χ1v) is 6.57. The number of hydrogen-bond donors (Lipinski definition) is 1. The molecule has 0 fully saturated rings. The molecule has 3 rings (SSSR count). The lowest BCUT2D eigenvalue weighted by Gasteiger charge is -2.14. The predicted molar refractivity (Wildman–Crippen MR) is 74.1 cm³/mol. The van der Waals surface area contributed by atoms with Gasteiger partial charge in [0.25, 0.3) is 0 Å². The molecule has 1 unspecified atom stereocenters. The molecule has 1 N–H and O–H groups in total. The molecule has 104 valence electrons. The Labute approximate surface area is 116 Å². The zero-order valence-corrected chi connectivity index (χ0v) is 11.1. The molecule has 0 aromatic heterocycles. The SMILES string of the molecule is Cc1c(F)cccc1NCC1Cc2cc(F)ccc2O1. The summed E-state index contributed by atoms with van der Waals surface area (Å²) in [7, 11) is 0. The first-order chi connectivity index (χ1) is 9.63. The minimum Gasteiger partial charge on any atom is -0.488 e. The number of hydrogen-bond acceptors (Lipinski definition) is 2. The van der Waals surface area contributed by atoms with Gasteiger partial charge >= 0.3 is 0 Å². The number of halogens is 2. The predicted octanol–water partition coefficient (Wildman–Crippen LogP) is 3.69. The monoisotopic (exact) mass is 275 g/mol. The number of anilines is 1. The number of nitrogens with one attached hydrogen (secondary N) is 1. The summed E-state index contributed by atoms with van der Waals surface area (Å²) >= 11 is 0. The van der Waals surface area contributed by atoms with Crippen molar-refractivity contribution in [1.82, 2.24) is 0 Å². The van der Waals surface area contributed by atoms with Crippen LogP contribution >= 0.6 is 0 Å². The second kappa shape index (κ2) is 5.12. The summed E-state index contributed by atoms with van der Waals surface area (Å²) in [5.74, 6) is 0.254. The summed E-state index contributed by atoms with van der Waals surface area (Å²) in [6, 6.07) is 9.49. The molecule has 2 aromatic carbocycles. The summed E-state index contributed by atoms with van der Waals surface area (Å²) in [4.78, 5) is 0. The molecule has 1 heterocycles. The summed E-state index contributed by atoms with van der Waals surface area (Å²) in [6.07, 6.45) is 0.600. The number of benzene rings is 2. The minimum atomic E-state index is -0.248. The molecule has 0 bridgehead atoms. The molecule has 0 spiro atoms. The van der Waals surface area contributed by atoms with Crippen LogP contribution in [0.1, 0.15) is 11.1 Å². The van der Waals surface area contributed by atoms with Gasteiger partial charge in [-0.25, -0.2) is 8.78 Å². The van der Waals surface area contributed by atoms with Crippen molar-refractivity contribution in [3.05, 3.63) is 59.2 Å². The molecule has 0 amide bonds. The van der Waals surface area contributed by atoms with E-state index in [9.17, 15) is 8.78 Å². The van der Waals surface area contributed by atoms with Crippen molar-refractivity contribution in [1.29, 1.82) is 0 Å². The van der Waals surface area contributed by atoms with E-state index in [-0.39, 0.29) is 17.7 Å². The quantitative estimate of drug-likeness (QED) is 0.922. The molecule has 0 saturated carbocycles. The molecule has 2 aromatic rings. The van der Waals surface area contributed by atoms with Crippen LogP contribution in [0.25, 0.3) is 0 Å². The van der Waals surface area contributed by atoms with Gasteiger partial charge in [0.15, 0.2) is 0 Å². The average molecular weight is 275 g/mol. The Morgan fingerprint density at radius 1 is 1.25 bits per heavy atom. The lowest BCUT2D eigenvalue weighted by molar-refractivity contribution is 0.246. The third kappa shape index (κ3) is 2.46. The van der Waals surface area contributed by atoms with Crippen LogP contribution in [0.3, 0.4) is 0 Å². The molecule has 20 heavy (non-hydrogen) atoms. The Morgan fingerprint density at radius 3 is 2.95 bits per heavy atom. The van der Waals surface area contributed by atoms with Gasteiger partial charge in [-0.05, 0) is 37.3 Å². The van der Waals surface area contributed by atoms with E-state index in [1.165, 1.54) is 18.2 Å². The van der Waals surface area contributed by atoms with Crippen molar-refractivity contribution >= 4 is 5.69 Å². The van der Waals surface area contributed by atoms with Crippen LogP contribution in [0, 0.1) is 18.6 Å². The van der Waals surface area contributed by atoms with Crippen LogP contribution in [-0.2, 0) is 6.42 Å². The molecular weight excluding hydrogens is 260 g/mol. The molecule has 0 aliphatic carbocycles. The molecular formula is C16H15F2NO. The molecule has 2 nitrogen and oxygen atoms in total. The van der Waals surface area contributed by atoms with E-state index in [2.05, 4.69) is 5.32 Å². The van der Waals surface area contributed by atoms with Gasteiger partial charge in [0.2, 0.25) is 0 Å². The molecule has 1 aliphatic rings. The van der Waals surface area contributed by atoms with Crippen LogP contribution in [-0.4, -0.2) is 12.6 Å². The third-order valence-corrected chi connectivity index (χ3v) is 3.55. The van der Waals surface area contributed by atoms with Crippen molar-refractivity contribution < 1.29 is 13.5 Å². The van der Waals surface area contributed by atoms with E-state index < -0.39 is 0 Å². The highest BCUT2D eigenvalue weighted by Crippen LogP contribution is 2.29. The van der Waals surface area contributed by atoms with E-state index in [0.717, 1.165) is 17.0 Å². The Kier molecular flexibility index (Phi) is 3.30. The topological polar surface area (TPSA) is 21.3 Å².